The molecule has 4 nitrogen and oxygen atoms in total. The lowest BCUT2D eigenvalue weighted by atomic mass is 9.87. The van der Waals surface area contributed by atoms with E-state index in [1.165, 1.54) is 0 Å². The quantitative estimate of drug-likeness (QED) is 0.903. The molecule has 0 aromatic carbocycles. The van der Waals surface area contributed by atoms with Gasteiger partial charge in [0.2, 0.25) is 5.91 Å². The summed E-state index contributed by atoms with van der Waals surface area (Å²) in [6.45, 7) is 9.01. The molecule has 0 fully saturated rings. The van der Waals surface area contributed by atoms with E-state index in [0.717, 1.165) is 16.3 Å². The summed E-state index contributed by atoms with van der Waals surface area (Å²) in [6, 6.07) is -0.0712. The van der Waals surface area contributed by atoms with E-state index in [0.29, 0.717) is 13.0 Å². The second kappa shape index (κ2) is 6.48. The van der Waals surface area contributed by atoms with Gasteiger partial charge in [-0.15, -0.1) is 11.3 Å². The minimum absolute atomic E-state index is 0.0712. The summed E-state index contributed by atoms with van der Waals surface area (Å²) < 4.78 is 0. The number of thiazole rings is 1. The Hall–Kier alpha value is -0.940. The van der Waals surface area contributed by atoms with Gasteiger partial charge in [-0.3, -0.25) is 4.79 Å². The van der Waals surface area contributed by atoms with Gasteiger partial charge in [0.1, 0.15) is 0 Å². The number of carbonyl (C=O) groups excluding carboxylic acids is 1. The molecule has 0 aliphatic heterocycles. The largest absolute Gasteiger partial charge is 0.341 e. The molecule has 1 heterocycles. The van der Waals surface area contributed by atoms with Crippen LogP contribution in [0.25, 0.3) is 0 Å². The van der Waals surface area contributed by atoms with Gasteiger partial charge in [-0.2, -0.15) is 0 Å². The highest BCUT2D eigenvalue weighted by molar-refractivity contribution is 7.11. The molecule has 1 unspecified atom stereocenters. The van der Waals surface area contributed by atoms with E-state index in [9.17, 15) is 4.79 Å². The summed E-state index contributed by atoms with van der Waals surface area (Å²) in [5, 5.41) is 1.03. The Morgan fingerprint density at radius 2 is 2.16 bits per heavy atom. The van der Waals surface area contributed by atoms with Gasteiger partial charge < -0.3 is 10.6 Å². The molecule has 0 spiro atoms. The van der Waals surface area contributed by atoms with Crippen molar-refractivity contribution in [3.63, 3.8) is 0 Å². The maximum absolute atomic E-state index is 12.1. The van der Waals surface area contributed by atoms with E-state index in [2.05, 4.69) is 25.8 Å². The lowest BCUT2D eigenvalue weighted by Crippen LogP contribution is -2.35. The molecular weight excluding hydrogens is 258 g/mol. The van der Waals surface area contributed by atoms with Crippen LogP contribution in [-0.2, 0) is 11.3 Å². The van der Waals surface area contributed by atoms with Crippen LogP contribution >= 0.6 is 11.3 Å². The molecule has 0 aliphatic carbocycles. The Labute approximate surface area is 120 Å². The zero-order valence-electron chi connectivity index (χ0n) is 12.6. The van der Waals surface area contributed by atoms with Crippen LogP contribution < -0.4 is 5.73 Å². The summed E-state index contributed by atoms with van der Waals surface area (Å²) in [5.41, 5.74) is 6.20. The third kappa shape index (κ3) is 6.16. The van der Waals surface area contributed by atoms with Gasteiger partial charge in [0.05, 0.1) is 11.6 Å². The number of aromatic nitrogens is 1. The van der Waals surface area contributed by atoms with Gasteiger partial charge in [-0.25, -0.2) is 4.98 Å². The molecule has 0 saturated carbocycles. The van der Waals surface area contributed by atoms with Gasteiger partial charge in [-0.1, -0.05) is 20.8 Å². The van der Waals surface area contributed by atoms with Crippen LogP contribution in [0.15, 0.2) is 6.20 Å². The van der Waals surface area contributed by atoms with E-state index in [1.807, 2.05) is 20.2 Å². The van der Waals surface area contributed by atoms with Gasteiger partial charge in [0.25, 0.3) is 0 Å². The molecule has 19 heavy (non-hydrogen) atoms. The molecule has 1 aromatic rings. The molecule has 5 heteroatoms. The third-order valence-corrected chi connectivity index (χ3v) is 3.70. The number of nitrogens with zero attached hydrogens (tertiary/aromatic N) is 2. The Morgan fingerprint density at radius 1 is 1.53 bits per heavy atom. The fourth-order valence-electron chi connectivity index (χ4n) is 2.04. The van der Waals surface area contributed by atoms with Gasteiger partial charge in [0, 0.05) is 30.6 Å². The highest BCUT2D eigenvalue weighted by Gasteiger charge is 2.20. The van der Waals surface area contributed by atoms with Crippen LogP contribution in [0.4, 0.5) is 0 Å². The van der Waals surface area contributed by atoms with Gasteiger partial charge >= 0.3 is 0 Å². The standard InChI is InChI=1S/C14H25N3OS/c1-10-16-8-12(19-10)9-17(5)13(18)6-11(15)7-14(2,3)4/h8,11H,6-7,9,15H2,1-5H3. The van der Waals surface area contributed by atoms with E-state index in [4.69, 9.17) is 5.73 Å². The first-order valence-corrected chi connectivity index (χ1v) is 7.40. The van der Waals surface area contributed by atoms with E-state index < -0.39 is 0 Å². The lowest BCUT2D eigenvalue weighted by molar-refractivity contribution is -0.130. The SMILES string of the molecule is Cc1ncc(CN(C)C(=O)CC(N)CC(C)(C)C)s1. The molecule has 1 amide bonds. The highest BCUT2D eigenvalue weighted by atomic mass is 32.1. The number of nitrogens with two attached hydrogens (primary N) is 1. The molecule has 1 atom stereocenters. The third-order valence-electron chi connectivity index (χ3n) is 2.80. The molecule has 2 N–H and O–H groups in total. The minimum atomic E-state index is -0.0712. The zero-order chi connectivity index (χ0) is 14.6. The predicted octanol–water partition coefficient (Wildman–Crippen LogP) is 2.56. The summed E-state index contributed by atoms with van der Waals surface area (Å²) >= 11 is 1.63. The van der Waals surface area contributed by atoms with E-state index in [1.54, 1.807) is 16.2 Å². The first-order valence-electron chi connectivity index (χ1n) is 6.58. The second-order valence-electron chi connectivity index (χ2n) is 6.32. The van der Waals surface area contributed by atoms with Crippen LogP contribution in [0, 0.1) is 12.3 Å². The Balaban J connectivity index is 2.44. The molecular formula is C14H25N3OS. The monoisotopic (exact) mass is 283 g/mol. The Kier molecular flexibility index (Phi) is 5.50. The zero-order valence-corrected chi connectivity index (χ0v) is 13.4. The second-order valence-corrected chi connectivity index (χ2v) is 7.64. The number of amides is 1. The Bertz CT molecular complexity index is 423. The average molecular weight is 283 g/mol. The first kappa shape index (κ1) is 16.1. The maximum Gasteiger partial charge on any atom is 0.224 e. The smallest absolute Gasteiger partial charge is 0.224 e. The van der Waals surface area contributed by atoms with Crippen molar-refractivity contribution in [1.82, 2.24) is 9.88 Å². The molecule has 0 saturated heterocycles. The lowest BCUT2D eigenvalue weighted by Gasteiger charge is -2.24. The van der Waals surface area contributed by atoms with Crippen LogP contribution in [0.3, 0.4) is 0 Å². The van der Waals surface area contributed by atoms with Crippen LogP contribution in [0.5, 0.6) is 0 Å². The maximum atomic E-state index is 12.1. The van der Waals surface area contributed by atoms with Crippen molar-refractivity contribution < 1.29 is 4.79 Å². The van der Waals surface area contributed by atoms with E-state index in [-0.39, 0.29) is 17.4 Å². The summed E-state index contributed by atoms with van der Waals surface area (Å²) in [7, 11) is 1.82. The number of hydrogen-bond acceptors (Lipinski definition) is 4. The normalized spacial score (nSPS) is 13.4. The van der Waals surface area contributed by atoms with Crippen molar-refractivity contribution in [3.8, 4) is 0 Å². The summed E-state index contributed by atoms with van der Waals surface area (Å²) in [6.07, 6.45) is 3.09. The van der Waals surface area contributed by atoms with Crippen molar-refractivity contribution in [2.45, 2.75) is 53.1 Å². The highest BCUT2D eigenvalue weighted by Crippen LogP contribution is 2.21. The van der Waals surface area contributed by atoms with Crippen molar-refractivity contribution in [1.29, 1.82) is 0 Å². The molecule has 1 aromatic heterocycles. The summed E-state index contributed by atoms with van der Waals surface area (Å²) in [4.78, 5) is 19.1. The topological polar surface area (TPSA) is 59.2 Å². The molecule has 0 radical (unpaired) electrons. The Morgan fingerprint density at radius 3 is 2.63 bits per heavy atom. The number of rotatable bonds is 5. The van der Waals surface area contributed by atoms with Crippen LogP contribution in [-0.4, -0.2) is 28.9 Å². The van der Waals surface area contributed by atoms with Crippen LogP contribution in [0.1, 0.15) is 43.5 Å². The number of hydrogen-bond donors (Lipinski definition) is 1. The fraction of sp³-hybridized carbons (Fsp3) is 0.714. The van der Waals surface area contributed by atoms with Gasteiger partial charge in [0.15, 0.2) is 0 Å². The molecule has 0 aliphatic rings. The van der Waals surface area contributed by atoms with Gasteiger partial charge in [-0.05, 0) is 18.8 Å². The van der Waals surface area contributed by atoms with Crippen molar-refractivity contribution >= 4 is 17.2 Å². The van der Waals surface area contributed by atoms with E-state index >= 15 is 0 Å². The molecule has 1 rings (SSSR count). The minimum Gasteiger partial charge on any atom is -0.341 e. The summed E-state index contributed by atoms with van der Waals surface area (Å²) in [5.74, 6) is 0.0998. The van der Waals surface area contributed by atoms with Crippen LogP contribution in [0.2, 0.25) is 0 Å². The number of aryl methyl sites for hydroxylation is 1. The van der Waals surface area contributed by atoms with Crippen molar-refractivity contribution in [3.05, 3.63) is 16.1 Å². The fourth-order valence-corrected chi connectivity index (χ4v) is 2.89. The average Bonchev–Trinajstić information content (AvgIpc) is 2.60. The first-order chi connectivity index (χ1) is 8.67. The molecule has 0 bridgehead atoms. The predicted molar refractivity (Wildman–Crippen MR) is 80.0 cm³/mol. The molecule has 108 valence electrons. The number of carbonyl (C=O) groups is 1. The van der Waals surface area contributed by atoms with Crippen molar-refractivity contribution in [2.24, 2.45) is 11.1 Å². The van der Waals surface area contributed by atoms with Crippen molar-refractivity contribution in [2.75, 3.05) is 7.05 Å².